The second kappa shape index (κ2) is 9.53. The molecule has 1 aliphatic rings. The number of carbonyl (C=O) groups is 1. The molecule has 1 aliphatic heterocycles. The van der Waals surface area contributed by atoms with E-state index in [2.05, 4.69) is 4.98 Å². The van der Waals surface area contributed by atoms with Crippen molar-refractivity contribution in [1.29, 1.82) is 0 Å². The Morgan fingerprint density at radius 2 is 1.69 bits per heavy atom. The lowest BCUT2D eigenvalue weighted by Gasteiger charge is -2.34. The number of piperidine rings is 1. The monoisotopic (exact) mass is 486 g/mol. The van der Waals surface area contributed by atoms with Gasteiger partial charge in [0.15, 0.2) is 0 Å². The third kappa shape index (κ3) is 4.84. The summed E-state index contributed by atoms with van der Waals surface area (Å²) in [4.78, 5) is 32.5. The number of likely N-dealkylation sites (tertiary alicyclic amines) is 1. The van der Waals surface area contributed by atoms with Crippen LogP contribution < -0.4 is 10.4 Å². The van der Waals surface area contributed by atoms with Gasteiger partial charge in [0.2, 0.25) is 0 Å². The first kappa shape index (κ1) is 23.7. The van der Waals surface area contributed by atoms with Gasteiger partial charge in [0.05, 0.1) is 29.0 Å². The summed E-state index contributed by atoms with van der Waals surface area (Å²) < 4.78 is 14.9. The number of nitrogens with zero attached hydrogens (tertiary/aromatic N) is 4. The van der Waals surface area contributed by atoms with Crippen molar-refractivity contribution in [3.63, 3.8) is 0 Å². The highest BCUT2D eigenvalue weighted by Crippen LogP contribution is 2.28. The van der Waals surface area contributed by atoms with Gasteiger partial charge < -0.3 is 14.4 Å². The van der Waals surface area contributed by atoms with E-state index in [1.165, 1.54) is 0 Å². The molecule has 186 valence electrons. The summed E-state index contributed by atoms with van der Waals surface area (Å²) >= 11 is 0. The Morgan fingerprint density at radius 1 is 0.972 bits per heavy atom. The van der Waals surface area contributed by atoms with Gasteiger partial charge in [-0.1, -0.05) is 18.2 Å². The van der Waals surface area contributed by atoms with Gasteiger partial charge >= 0.3 is 11.8 Å². The highest BCUT2D eigenvalue weighted by Gasteiger charge is 2.31. The number of amides is 1. The molecule has 36 heavy (non-hydrogen) atoms. The molecule has 4 aromatic rings. The molecule has 0 aliphatic carbocycles. The normalized spacial score (nSPS) is 16.2. The van der Waals surface area contributed by atoms with Crippen molar-refractivity contribution >= 4 is 17.1 Å². The maximum absolute atomic E-state index is 13.8. The first-order valence-electron chi connectivity index (χ1n) is 12.2. The van der Waals surface area contributed by atoms with Crippen LogP contribution in [0.25, 0.3) is 16.7 Å². The van der Waals surface area contributed by atoms with Gasteiger partial charge in [0.1, 0.15) is 17.1 Å². The average molecular weight is 487 g/mol. The van der Waals surface area contributed by atoms with Crippen molar-refractivity contribution in [1.82, 2.24) is 19.0 Å². The standard InChI is InChI=1S/C28H30N4O4/c1-28(2,3)36-27(34)30-17-7-8-21(19-30)32-24-15-16-29-18-25(24)31(26(32)33)20-11-13-23(14-12-20)35-22-9-5-4-6-10-22/h4-6,9-16,18,21H,7-8,17,19H2,1-3H3/t21-/m1/s1. The summed E-state index contributed by atoms with van der Waals surface area (Å²) in [5.74, 6) is 1.43. The number of para-hydroxylation sites is 1. The molecule has 0 N–H and O–H groups in total. The van der Waals surface area contributed by atoms with Crippen LogP contribution in [0.2, 0.25) is 0 Å². The molecule has 1 saturated heterocycles. The Morgan fingerprint density at radius 3 is 2.42 bits per heavy atom. The van der Waals surface area contributed by atoms with E-state index in [0.717, 1.165) is 29.8 Å². The molecule has 8 nitrogen and oxygen atoms in total. The summed E-state index contributed by atoms with van der Waals surface area (Å²) in [6, 6.07) is 18.7. The molecule has 0 bridgehead atoms. The molecule has 0 saturated carbocycles. The zero-order chi connectivity index (χ0) is 25.3. The molecular weight excluding hydrogens is 456 g/mol. The number of pyridine rings is 1. The molecular formula is C28H30N4O4. The predicted octanol–water partition coefficient (Wildman–Crippen LogP) is 5.55. The van der Waals surface area contributed by atoms with Gasteiger partial charge in [-0.2, -0.15) is 0 Å². The van der Waals surface area contributed by atoms with E-state index in [9.17, 15) is 9.59 Å². The van der Waals surface area contributed by atoms with Gasteiger partial charge in [-0.3, -0.25) is 14.1 Å². The van der Waals surface area contributed by atoms with Gasteiger partial charge in [-0.05, 0) is 76.1 Å². The molecule has 1 fully saturated rings. The highest BCUT2D eigenvalue weighted by molar-refractivity contribution is 5.77. The van der Waals surface area contributed by atoms with Crippen LogP contribution in [0.3, 0.4) is 0 Å². The number of fused-ring (bicyclic) bond motifs is 1. The number of imidazole rings is 1. The number of hydrogen-bond acceptors (Lipinski definition) is 5. The molecule has 2 aromatic heterocycles. The van der Waals surface area contributed by atoms with E-state index in [-0.39, 0.29) is 17.8 Å². The van der Waals surface area contributed by atoms with Crippen LogP contribution in [0.1, 0.15) is 39.7 Å². The molecule has 2 aromatic carbocycles. The Balaban J connectivity index is 1.47. The number of benzene rings is 2. The Bertz CT molecular complexity index is 1420. The Labute approximate surface area is 209 Å². The average Bonchev–Trinajstić information content (AvgIpc) is 3.16. The molecule has 0 radical (unpaired) electrons. The fourth-order valence-corrected chi connectivity index (χ4v) is 4.62. The van der Waals surface area contributed by atoms with Crippen molar-refractivity contribution in [3.8, 4) is 17.2 Å². The lowest BCUT2D eigenvalue weighted by atomic mass is 10.1. The van der Waals surface area contributed by atoms with Crippen LogP contribution in [0.5, 0.6) is 11.5 Å². The fourth-order valence-electron chi connectivity index (χ4n) is 4.62. The van der Waals surface area contributed by atoms with E-state index >= 15 is 0 Å². The molecule has 1 amide bonds. The minimum Gasteiger partial charge on any atom is -0.457 e. The van der Waals surface area contributed by atoms with Crippen molar-refractivity contribution in [2.75, 3.05) is 13.1 Å². The summed E-state index contributed by atoms with van der Waals surface area (Å²) in [5.41, 5.74) is 1.49. The zero-order valence-electron chi connectivity index (χ0n) is 20.8. The maximum Gasteiger partial charge on any atom is 0.410 e. The minimum atomic E-state index is -0.570. The van der Waals surface area contributed by atoms with E-state index in [4.69, 9.17) is 9.47 Å². The van der Waals surface area contributed by atoms with Crippen LogP contribution in [-0.4, -0.2) is 43.8 Å². The van der Waals surface area contributed by atoms with Crippen LogP contribution in [0.15, 0.2) is 77.9 Å². The van der Waals surface area contributed by atoms with Crippen LogP contribution in [0, 0.1) is 0 Å². The number of aromatic nitrogens is 3. The fraction of sp³-hybridized carbons (Fsp3) is 0.321. The number of carbonyl (C=O) groups excluding carboxylic acids is 1. The second-order valence-electron chi connectivity index (χ2n) is 9.98. The Hall–Kier alpha value is -4.07. The molecule has 3 heterocycles. The quantitative estimate of drug-likeness (QED) is 0.378. The van der Waals surface area contributed by atoms with Crippen molar-refractivity contribution in [3.05, 3.63) is 83.5 Å². The third-order valence-corrected chi connectivity index (χ3v) is 6.16. The minimum absolute atomic E-state index is 0.161. The smallest absolute Gasteiger partial charge is 0.410 e. The lowest BCUT2D eigenvalue weighted by Crippen LogP contribution is -2.45. The summed E-state index contributed by atoms with van der Waals surface area (Å²) in [6.45, 7) is 6.60. The van der Waals surface area contributed by atoms with Crippen molar-refractivity contribution in [2.45, 2.75) is 45.3 Å². The second-order valence-corrected chi connectivity index (χ2v) is 9.98. The van der Waals surface area contributed by atoms with Crippen molar-refractivity contribution in [2.24, 2.45) is 0 Å². The first-order valence-corrected chi connectivity index (χ1v) is 12.2. The van der Waals surface area contributed by atoms with Gasteiger partial charge in [-0.15, -0.1) is 0 Å². The van der Waals surface area contributed by atoms with Crippen LogP contribution >= 0.6 is 0 Å². The predicted molar refractivity (Wildman–Crippen MR) is 138 cm³/mol. The molecule has 5 rings (SSSR count). The lowest BCUT2D eigenvalue weighted by molar-refractivity contribution is 0.0173. The Kier molecular flexibility index (Phi) is 6.26. The largest absolute Gasteiger partial charge is 0.457 e. The summed E-state index contributed by atoms with van der Waals surface area (Å²) in [6.07, 6.45) is 4.63. The maximum atomic E-state index is 13.8. The van der Waals surface area contributed by atoms with Crippen LogP contribution in [-0.2, 0) is 4.74 Å². The highest BCUT2D eigenvalue weighted by atomic mass is 16.6. The third-order valence-electron chi connectivity index (χ3n) is 6.16. The summed E-state index contributed by atoms with van der Waals surface area (Å²) in [7, 11) is 0. The van der Waals surface area contributed by atoms with E-state index in [1.807, 2.05) is 81.4 Å². The van der Waals surface area contributed by atoms with Gasteiger partial charge in [0.25, 0.3) is 0 Å². The SMILES string of the molecule is CC(C)(C)OC(=O)N1CCC[C@@H](n2c(=O)n(-c3ccc(Oc4ccccc4)cc3)c3cnccc32)C1. The number of rotatable bonds is 4. The van der Waals surface area contributed by atoms with E-state index in [0.29, 0.717) is 24.4 Å². The van der Waals surface area contributed by atoms with E-state index in [1.54, 1.807) is 26.4 Å². The van der Waals surface area contributed by atoms with E-state index < -0.39 is 5.60 Å². The molecule has 0 unspecified atom stereocenters. The zero-order valence-corrected chi connectivity index (χ0v) is 20.8. The number of ether oxygens (including phenoxy) is 2. The van der Waals surface area contributed by atoms with Crippen molar-refractivity contribution < 1.29 is 14.3 Å². The van der Waals surface area contributed by atoms with Crippen LogP contribution in [0.4, 0.5) is 4.79 Å². The topological polar surface area (TPSA) is 78.6 Å². The summed E-state index contributed by atoms with van der Waals surface area (Å²) in [5, 5.41) is 0. The van der Waals surface area contributed by atoms with Gasteiger partial charge in [-0.25, -0.2) is 9.59 Å². The molecule has 0 spiro atoms. The number of hydrogen-bond donors (Lipinski definition) is 0. The molecule has 8 heteroatoms. The van der Waals surface area contributed by atoms with Gasteiger partial charge in [0, 0.05) is 19.3 Å². The first-order chi connectivity index (χ1) is 17.3. The molecule has 1 atom stereocenters.